The van der Waals surface area contributed by atoms with Gasteiger partial charge in [-0.25, -0.2) is 0 Å². The number of guanidine groups is 1. The topological polar surface area (TPSA) is 276 Å². The Kier molecular flexibility index (Phi) is 11.7. The Morgan fingerprint density at radius 3 is 2.27 bits per heavy atom. The highest BCUT2D eigenvalue weighted by atomic mass is 32.3. The van der Waals surface area contributed by atoms with Gasteiger partial charge in [0.1, 0.15) is 35.9 Å². The second-order valence-electron chi connectivity index (χ2n) is 13.3. The molecule has 10 N–H and O–H groups in total. The lowest BCUT2D eigenvalue weighted by molar-refractivity contribution is -0.146. The van der Waals surface area contributed by atoms with Gasteiger partial charge in [-0.15, -0.1) is 0 Å². The maximum absolute atomic E-state index is 14.6. The number of nitrogens with one attached hydrogen (secondary N) is 3. The fraction of sp³-hybridized carbons (Fsp3) is 0.515. The first-order valence-electron chi connectivity index (χ1n) is 16.7. The smallest absolute Gasteiger partial charge is 0.446 e. The molecule has 51 heavy (non-hydrogen) atoms. The first-order valence-corrected chi connectivity index (χ1v) is 18.1. The number of nitrogens with zero attached hydrogens (tertiary/aromatic N) is 2. The summed E-state index contributed by atoms with van der Waals surface area (Å²) in [6.07, 6.45) is -1.40. The number of carbonyl (C=O) groups is 3. The summed E-state index contributed by atoms with van der Waals surface area (Å²) in [5.74, 6) is -2.72. The van der Waals surface area contributed by atoms with Gasteiger partial charge in [0.15, 0.2) is 5.96 Å². The van der Waals surface area contributed by atoms with Crippen molar-refractivity contribution in [1.82, 2.24) is 20.4 Å². The normalized spacial score (nSPS) is 26.0. The fourth-order valence-corrected chi connectivity index (χ4v) is 7.64. The molecule has 18 heteroatoms. The number of aliphatic hydroxyl groups is 3. The van der Waals surface area contributed by atoms with Gasteiger partial charge < -0.3 is 50.8 Å². The number of rotatable bonds is 11. The Hall–Kier alpha value is -4.49. The molecule has 0 aromatic heterocycles. The van der Waals surface area contributed by atoms with Crippen molar-refractivity contribution in [3.63, 3.8) is 0 Å². The number of amides is 3. The molecule has 5 rings (SSSR count). The number of aliphatic hydroxyl groups excluding tert-OH is 3. The highest BCUT2D eigenvalue weighted by Crippen LogP contribution is 2.40. The average molecular weight is 733 g/mol. The molecule has 0 bridgehead atoms. The van der Waals surface area contributed by atoms with Crippen LogP contribution in [-0.4, -0.2) is 116 Å². The first-order chi connectivity index (χ1) is 24.1. The van der Waals surface area contributed by atoms with Gasteiger partial charge in [-0.1, -0.05) is 24.3 Å². The van der Waals surface area contributed by atoms with Gasteiger partial charge in [0.25, 0.3) is 0 Å². The Labute approximate surface area is 294 Å². The molecule has 3 amide bonds. The lowest BCUT2D eigenvalue weighted by atomic mass is 9.83. The second kappa shape index (κ2) is 15.8. The lowest BCUT2D eigenvalue weighted by Crippen LogP contribution is -2.62. The zero-order valence-corrected chi connectivity index (χ0v) is 28.5. The predicted molar refractivity (Wildman–Crippen MR) is 180 cm³/mol. The number of hydrogen-bond donors (Lipinski definition) is 9. The zero-order valence-electron chi connectivity index (χ0n) is 27.7. The van der Waals surface area contributed by atoms with E-state index in [1.165, 1.54) is 46.2 Å². The van der Waals surface area contributed by atoms with Crippen molar-refractivity contribution in [2.24, 2.45) is 11.7 Å². The SMILES string of the molecule is N=C(N)N1CCC[C@@H](NC(=O)[C@@H]2C[C@@H]3CC[C@@H](O)C[C@@H]3N2C(=O)[C@@H](Cc2ccc(O)cc2)NC(=O)[C@H](O)Cc2ccc(OS(=O)(=O)O)cc2)[C@H]1O. The number of benzene rings is 2. The number of hydrogen-bond acceptors (Lipinski definition) is 11. The quantitative estimate of drug-likeness (QED) is 0.0773. The highest BCUT2D eigenvalue weighted by molar-refractivity contribution is 7.81. The maximum atomic E-state index is 14.6. The van der Waals surface area contributed by atoms with E-state index in [0.717, 1.165) is 0 Å². The minimum atomic E-state index is -4.75. The van der Waals surface area contributed by atoms with Crippen LogP contribution in [0.25, 0.3) is 0 Å². The number of phenolic OH excluding ortho intramolecular Hbond substituents is 1. The van der Waals surface area contributed by atoms with E-state index >= 15 is 0 Å². The van der Waals surface area contributed by atoms with Crippen molar-refractivity contribution in [1.29, 1.82) is 5.41 Å². The van der Waals surface area contributed by atoms with Crippen molar-refractivity contribution in [2.45, 2.75) is 94.0 Å². The van der Waals surface area contributed by atoms with E-state index in [0.29, 0.717) is 43.4 Å². The molecule has 2 saturated heterocycles. The van der Waals surface area contributed by atoms with Gasteiger partial charge in [0.05, 0.1) is 12.1 Å². The number of phenols is 1. The van der Waals surface area contributed by atoms with Crippen molar-refractivity contribution in [3.05, 3.63) is 59.7 Å². The van der Waals surface area contributed by atoms with Crippen LogP contribution in [0.4, 0.5) is 0 Å². The standard InChI is InChI=1S/C33H44N6O11S/c34-33(35)38-13-1-2-24(31(38)45)36-29(43)27-16-20-7-10-22(41)17-26(20)39(27)32(46)25(14-18-3-8-21(40)9-4-18)37-30(44)28(42)15-19-5-11-23(12-6-19)50-51(47,48)49/h3-6,8-9,11-12,20,22,24-28,31,40-42,45H,1-2,7,10,13-17H2,(H3,34,35)(H,36,43)(H,37,44)(H,47,48,49)/t20-,22+,24+,25+,26-,27-,28+,31+/m0/s1. The van der Waals surface area contributed by atoms with Gasteiger partial charge in [-0.05, 0) is 79.8 Å². The summed E-state index contributed by atoms with van der Waals surface area (Å²) in [5.41, 5.74) is 6.59. The lowest BCUT2D eigenvalue weighted by Gasteiger charge is -2.40. The molecule has 2 aromatic carbocycles. The molecule has 0 unspecified atom stereocenters. The molecule has 17 nitrogen and oxygen atoms in total. The summed E-state index contributed by atoms with van der Waals surface area (Å²) >= 11 is 0. The Morgan fingerprint density at radius 1 is 0.980 bits per heavy atom. The van der Waals surface area contributed by atoms with Crippen LogP contribution in [0.2, 0.25) is 0 Å². The minimum Gasteiger partial charge on any atom is -0.508 e. The summed E-state index contributed by atoms with van der Waals surface area (Å²) in [6.45, 7) is 0.344. The van der Waals surface area contributed by atoms with Crippen LogP contribution in [0.15, 0.2) is 48.5 Å². The van der Waals surface area contributed by atoms with Crippen LogP contribution in [-0.2, 0) is 37.6 Å². The third-order valence-corrected chi connectivity index (χ3v) is 10.2. The number of aromatic hydroxyl groups is 1. The molecule has 0 radical (unpaired) electrons. The summed E-state index contributed by atoms with van der Waals surface area (Å²) in [6, 6.07) is 7.60. The van der Waals surface area contributed by atoms with Crippen LogP contribution < -0.4 is 20.6 Å². The van der Waals surface area contributed by atoms with E-state index < -0.39 is 70.7 Å². The van der Waals surface area contributed by atoms with E-state index in [1.54, 1.807) is 12.1 Å². The molecular weight excluding hydrogens is 688 g/mol. The predicted octanol–water partition coefficient (Wildman–Crippen LogP) is -0.872. The van der Waals surface area contributed by atoms with Crippen LogP contribution >= 0.6 is 0 Å². The van der Waals surface area contributed by atoms with E-state index in [-0.39, 0.29) is 49.1 Å². The third kappa shape index (κ3) is 9.44. The van der Waals surface area contributed by atoms with Crippen LogP contribution in [0.5, 0.6) is 11.5 Å². The number of fused-ring (bicyclic) bond motifs is 1. The van der Waals surface area contributed by atoms with E-state index in [4.69, 9.17) is 15.7 Å². The van der Waals surface area contributed by atoms with Gasteiger partial charge in [0.2, 0.25) is 17.7 Å². The minimum absolute atomic E-state index is 0.0161. The van der Waals surface area contributed by atoms with E-state index in [1.807, 2.05) is 0 Å². The molecule has 2 aliphatic heterocycles. The monoisotopic (exact) mass is 732 g/mol. The number of piperidine rings is 1. The molecule has 278 valence electrons. The summed E-state index contributed by atoms with van der Waals surface area (Å²) in [4.78, 5) is 44.6. The van der Waals surface area contributed by atoms with Crippen molar-refractivity contribution in [2.75, 3.05) is 6.54 Å². The molecule has 1 aliphatic carbocycles. The number of likely N-dealkylation sites (tertiary alicyclic amines) is 2. The largest absolute Gasteiger partial charge is 0.508 e. The average Bonchev–Trinajstić information content (AvgIpc) is 3.44. The summed E-state index contributed by atoms with van der Waals surface area (Å²) in [5, 5.41) is 55.4. The molecule has 8 atom stereocenters. The van der Waals surface area contributed by atoms with Crippen LogP contribution in [0, 0.1) is 11.3 Å². The number of nitrogens with two attached hydrogens (primary N) is 1. The summed E-state index contributed by atoms with van der Waals surface area (Å²) in [7, 11) is -4.75. The Balaban J connectivity index is 1.38. The van der Waals surface area contributed by atoms with Crippen molar-refractivity contribution < 1.29 is 52.0 Å². The molecule has 2 heterocycles. The van der Waals surface area contributed by atoms with Crippen molar-refractivity contribution >= 4 is 34.1 Å². The van der Waals surface area contributed by atoms with Gasteiger partial charge in [-0.3, -0.25) is 24.3 Å². The number of carbonyl (C=O) groups excluding carboxylic acids is 3. The molecule has 3 fully saturated rings. The second-order valence-corrected chi connectivity index (χ2v) is 14.4. The van der Waals surface area contributed by atoms with Gasteiger partial charge in [0, 0.05) is 25.4 Å². The zero-order chi connectivity index (χ0) is 37.0. The molecule has 1 saturated carbocycles. The third-order valence-electron chi connectivity index (χ3n) is 9.78. The van der Waals surface area contributed by atoms with E-state index in [2.05, 4.69) is 14.8 Å². The molecule has 0 spiro atoms. The molecule has 2 aromatic rings. The maximum Gasteiger partial charge on any atom is 0.446 e. The highest BCUT2D eigenvalue weighted by Gasteiger charge is 2.51. The fourth-order valence-electron chi connectivity index (χ4n) is 7.29. The van der Waals surface area contributed by atoms with Crippen LogP contribution in [0.3, 0.4) is 0 Å². The Bertz CT molecular complexity index is 1690. The first kappa shape index (κ1) is 37.8. The molecular formula is C33H44N6O11S. The molecule has 3 aliphatic rings. The Morgan fingerprint density at radius 2 is 1.63 bits per heavy atom. The van der Waals surface area contributed by atoms with E-state index in [9.17, 15) is 43.2 Å². The van der Waals surface area contributed by atoms with Crippen LogP contribution in [0.1, 0.15) is 49.7 Å². The van der Waals surface area contributed by atoms with Gasteiger partial charge >= 0.3 is 10.4 Å². The van der Waals surface area contributed by atoms with Crippen molar-refractivity contribution in [3.8, 4) is 11.5 Å². The summed E-state index contributed by atoms with van der Waals surface area (Å²) < 4.78 is 35.2. The van der Waals surface area contributed by atoms with Gasteiger partial charge in [-0.2, -0.15) is 8.42 Å².